The van der Waals surface area contributed by atoms with E-state index in [9.17, 15) is 0 Å². The van der Waals surface area contributed by atoms with Crippen LogP contribution >= 0.6 is 0 Å². The van der Waals surface area contributed by atoms with E-state index in [4.69, 9.17) is 0 Å². The van der Waals surface area contributed by atoms with Crippen molar-refractivity contribution < 1.29 is 0 Å². The quantitative estimate of drug-likeness (QED) is 0.594. The molecule has 20 heavy (non-hydrogen) atoms. The van der Waals surface area contributed by atoms with E-state index in [2.05, 4.69) is 65.8 Å². The number of rotatable bonds is 6. The minimum atomic E-state index is 1.18. The molecule has 1 N–H and O–H groups in total. The highest BCUT2D eigenvalue weighted by Crippen LogP contribution is 2.20. The van der Waals surface area contributed by atoms with Crippen molar-refractivity contribution in [3.8, 4) is 0 Å². The predicted octanol–water partition coefficient (Wildman–Crippen LogP) is 5.12. The number of hydrogen-bond acceptors (Lipinski definition) is 0. The average Bonchev–Trinajstić information content (AvgIpc) is 2.91. The number of aromatic nitrogens is 1. The predicted molar refractivity (Wildman–Crippen MR) is 86.0 cm³/mol. The maximum absolute atomic E-state index is 3.35. The Hall–Kier alpha value is -2.02. The molecule has 0 aliphatic rings. The molecule has 0 radical (unpaired) electrons. The van der Waals surface area contributed by atoms with Gasteiger partial charge in [-0.1, -0.05) is 55.0 Å². The molecule has 0 atom stereocenters. The molecule has 1 heteroatoms. The van der Waals surface area contributed by atoms with Crippen molar-refractivity contribution in [3.63, 3.8) is 0 Å². The van der Waals surface area contributed by atoms with Crippen molar-refractivity contribution in [3.05, 3.63) is 71.9 Å². The van der Waals surface area contributed by atoms with Gasteiger partial charge in [-0.15, -0.1) is 0 Å². The van der Waals surface area contributed by atoms with Gasteiger partial charge in [0, 0.05) is 17.1 Å². The van der Waals surface area contributed by atoms with Gasteiger partial charge in [0.15, 0.2) is 0 Å². The lowest BCUT2D eigenvalue weighted by molar-refractivity contribution is 0.680. The van der Waals surface area contributed by atoms with Gasteiger partial charge in [-0.2, -0.15) is 0 Å². The Kier molecular flexibility index (Phi) is 4.17. The Labute approximate surface area is 120 Å². The topological polar surface area (TPSA) is 15.8 Å². The Balaban J connectivity index is 1.46. The summed E-state index contributed by atoms with van der Waals surface area (Å²) >= 11 is 0. The zero-order valence-electron chi connectivity index (χ0n) is 11.8. The summed E-state index contributed by atoms with van der Waals surface area (Å²) in [4.78, 5) is 3.35. The highest BCUT2D eigenvalue weighted by Gasteiger charge is 2.02. The maximum Gasteiger partial charge on any atom is 0.0456 e. The number of unbranched alkanes of at least 4 members (excludes halogenated alkanes) is 2. The van der Waals surface area contributed by atoms with Crippen LogP contribution in [0.4, 0.5) is 0 Å². The zero-order chi connectivity index (χ0) is 13.6. The molecule has 0 aliphatic heterocycles. The molecular weight excluding hydrogens is 242 g/mol. The molecule has 3 aromatic rings. The van der Waals surface area contributed by atoms with Gasteiger partial charge < -0.3 is 4.98 Å². The molecule has 3 rings (SSSR count). The van der Waals surface area contributed by atoms with Crippen molar-refractivity contribution >= 4 is 10.9 Å². The lowest BCUT2D eigenvalue weighted by Gasteiger charge is -2.02. The molecule has 0 fully saturated rings. The second kappa shape index (κ2) is 6.42. The van der Waals surface area contributed by atoms with Crippen LogP contribution in [0, 0.1) is 0 Å². The molecule has 1 nitrogen and oxygen atoms in total. The van der Waals surface area contributed by atoms with Gasteiger partial charge in [0.25, 0.3) is 0 Å². The number of aryl methyl sites for hydroxylation is 2. The van der Waals surface area contributed by atoms with E-state index in [1.165, 1.54) is 54.1 Å². The zero-order valence-corrected chi connectivity index (χ0v) is 11.8. The Morgan fingerprint density at radius 2 is 1.45 bits per heavy atom. The van der Waals surface area contributed by atoms with Gasteiger partial charge in [-0.25, -0.2) is 0 Å². The molecule has 0 spiro atoms. The van der Waals surface area contributed by atoms with Crippen LogP contribution in [0.15, 0.2) is 60.8 Å². The molecule has 0 saturated heterocycles. The Bertz CT molecular complexity index is 652. The third-order valence-electron chi connectivity index (χ3n) is 3.93. The number of para-hydroxylation sites is 1. The molecule has 102 valence electrons. The molecule has 1 aromatic heterocycles. The lowest BCUT2D eigenvalue weighted by Crippen LogP contribution is -1.88. The first kappa shape index (κ1) is 13.0. The first-order valence-electron chi connectivity index (χ1n) is 7.52. The van der Waals surface area contributed by atoms with Gasteiger partial charge in [-0.05, 0) is 42.9 Å². The van der Waals surface area contributed by atoms with Crippen LogP contribution in [0.25, 0.3) is 10.9 Å². The van der Waals surface area contributed by atoms with Crippen LogP contribution in [-0.2, 0) is 12.8 Å². The second-order valence-corrected chi connectivity index (χ2v) is 5.41. The fourth-order valence-electron chi connectivity index (χ4n) is 2.80. The highest BCUT2D eigenvalue weighted by atomic mass is 14.7. The van der Waals surface area contributed by atoms with Crippen LogP contribution < -0.4 is 0 Å². The third-order valence-corrected chi connectivity index (χ3v) is 3.93. The SMILES string of the molecule is c1ccc(CCCCCc2c[nH]c3ccccc23)cc1. The monoisotopic (exact) mass is 263 g/mol. The third kappa shape index (κ3) is 3.11. The molecule has 0 unspecified atom stereocenters. The molecule has 2 aromatic carbocycles. The van der Waals surface area contributed by atoms with Crippen LogP contribution in [0.1, 0.15) is 30.4 Å². The van der Waals surface area contributed by atoms with Crippen molar-refractivity contribution in [2.24, 2.45) is 0 Å². The molecule has 0 aliphatic carbocycles. The summed E-state index contributed by atoms with van der Waals surface area (Å²) in [6.45, 7) is 0. The number of fused-ring (bicyclic) bond motifs is 1. The van der Waals surface area contributed by atoms with Crippen LogP contribution in [0.3, 0.4) is 0 Å². The Morgan fingerprint density at radius 3 is 2.35 bits per heavy atom. The number of hydrogen-bond donors (Lipinski definition) is 1. The maximum atomic E-state index is 3.35. The lowest BCUT2D eigenvalue weighted by atomic mass is 10.0. The highest BCUT2D eigenvalue weighted by molar-refractivity contribution is 5.82. The second-order valence-electron chi connectivity index (χ2n) is 5.41. The van der Waals surface area contributed by atoms with E-state index < -0.39 is 0 Å². The standard InChI is InChI=1S/C19H21N/c1-3-9-16(10-4-1)11-5-2-6-12-17-15-20-19-14-8-7-13-18(17)19/h1,3-4,7-10,13-15,20H,2,5-6,11-12H2. The average molecular weight is 263 g/mol. The summed E-state index contributed by atoms with van der Waals surface area (Å²) in [6.07, 6.45) is 8.41. The summed E-state index contributed by atoms with van der Waals surface area (Å²) in [5.41, 5.74) is 4.17. The van der Waals surface area contributed by atoms with Crippen molar-refractivity contribution in [2.45, 2.75) is 32.1 Å². The number of benzene rings is 2. The number of H-pyrrole nitrogens is 1. The Morgan fingerprint density at radius 1 is 0.700 bits per heavy atom. The minimum absolute atomic E-state index is 1.18. The van der Waals surface area contributed by atoms with Crippen molar-refractivity contribution in [1.29, 1.82) is 0 Å². The molecule has 0 saturated carbocycles. The van der Waals surface area contributed by atoms with Crippen LogP contribution in [-0.4, -0.2) is 4.98 Å². The molecule has 0 amide bonds. The van der Waals surface area contributed by atoms with Gasteiger partial charge in [0.1, 0.15) is 0 Å². The first-order valence-corrected chi connectivity index (χ1v) is 7.52. The largest absolute Gasteiger partial charge is 0.361 e. The fourth-order valence-corrected chi connectivity index (χ4v) is 2.80. The summed E-state index contributed by atoms with van der Waals surface area (Å²) < 4.78 is 0. The molecule has 1 heterocycles. The van der Waals surface area contributed by atoms with Crippen molar-refractivity contribution in [2.75, 3.05) is 0 Å². The normalized spacial score (nSPS) is 11.0. The summed E-state index contributed by atoms with van der Waals surface area (Å²) in [5, 5.41) is 1.38. The van der Waals surface area contributed by atoms with Gasteiger partial charge in [0.2, 0.25) is 0 Å². The van der Waals surface area contributed by atoms with Crippen molar-refractivity contribution in [1.82, 2.24) is 4.98 Å². The summed E-state index contributed by atoms with van der Waals surface area (Å²) in [5.74, 6) is 0. The van der Waals surface area contributed by atoms with Gasteiger partial charge in [-0.3, -0.25) is 0 Å². The van der Waals surface area contributed by atoms with E-state index >= 15 is 0 Å². The van der Waals surface area contributed by atoms with E-state index in [0.717, 1.165) is 0 Å². The summed E-state index contributed by atoms with van der Waals surface area (Å²) in [6, 6.07) is 19.3. The summed E-state index contributed by atoms with van der Waals surface area (Å²) in [7, 11) is 0. The van der Waals surface area contributed by atoms with Gasteiger partial charge >= 0.3 is 0 Å². The van der Waals surface area contributed by atoms with E-state index in [1.807, 2.05) is 0 Å². The van der Waals surface area contributed by atoms with Gasteiger partial charge in [0.05, 0.1) is 0 Å². The van der Waals surface area contributed by atoms with E-state index in [-0.39, 0.29) is 0 Å². The number of nitrogens with one attached hydrogen (secondary N) is 1. The fraction of sp³-hybridized carbons (Fsp3) is 0.263. The van der Waals surface area contributed by atoms with Crippen LogP contribution in [0.5, 0.6) is 0 Å². The molecule has 0 bridgehead atoms. The van der Waals surface area contributed by atoms with E-state index in [1.54, 1.807) is 0 Å². The smallest absolute Gasteiger partial charge is 0.0456 e. The van der Waals surface area contributed by atoms with E-state index in [0.29, 0.717) is 0 Å². The first-order chi connectivity index (χ1) is 9.93. The number of aromatic amines is 1. The van der Waals surface area contributed by atoms with Crippen LogP contribution in [0.2, 0.25) is 0 Å². The minimum Gasteiger partial charge on any atom is -0.361 e. The molecular formula is C19H21N.